The number of amides is 2. The summed E-state index contributed by atoms with van der Waals surface area (Å²) in [5.41, 5.74) is 7.55. The van der Waals surface area contributed by atoms with Crippen molar-refractivity contribution in [2.45, 2.75) is 19.1 Å². The number of nitrogens with one attached hydrogen (secondary N) is 2. The normalized spacial score (nSPS) is 12.6. The van der Waals surface area contributed by atoms with Gasteiger partial charge in [0, 0.05) is 32.9 Å². The molecule has 0 heterocycles. The van der Waals surface area contributed by atoms with E-state index in [-0.39, 0.29) is 17.9 Å². The van der Waals surface area contributed by atoms with Gasteiger partial charge in [0.25, 0.3) is 0 Å². The summed E-state index contributed by atoms with van der Waals surface area (Å²) in [7, 11) is 0. The first-order valence-electron chi connectivity index (χ1n) is 11.0. The molecule has 2 atom stereocenters. The molecular formula is C26H24Br3N3O5. The molecule has 8 nitrogen and oxygen atoms in total. The number of ether oxygens (including phenoxy) is 2. The van der Waals surface area contributed by atoms with E-state index in [1.54, 1.807) is 67.6 Å². The predicted octanol–water partition coefficient (Wildman–Crippen LogP) is 7.15. The third-order valence-corrected chi connectivity index (χ3v) is 6.59. The predicted molar refractivity (Wildman–Crippen MR) is 155 cm³/mol. The summed E-state index contributed by atoms with van der Waals surface area (Å²) in [5.74, 6) is -0.593. The van der Waals surface area contributed by atoms with Crippen LogP contribution in [-0.4, -0.2) is 29.8 Å². The number of hydrogen-bond acceptors (Lipinski definition) is 6. The largest absolute Gasteiger partial charge is 0.506 e. The zero-order valence-electron chi connectivity index (χ0n) is 19.6. The molecule has 5 N–H and O–H groups in total. The third-order valence-electron chi connectivity index (χ3n) is 5.00. The number of aromatic hydroxyl groups is 1. The molecule has 37 heavy (non-hydrogen) atoms. The molecule has 2 amide bonds. The Morgan fingerprint density at radius 3 is 2.41 bits per heavy atom. The van der Waals surface area contributed by atoms with Crippen LogP contribution in [-0.2, 0) is 14.3 Å². The van der Waals surface area contributed by atoms with Gasteiger partial charge >= 0.3 is 6.09 Å². The van der Waals surface area contributed by atoms with E-state index in [1.165, 1.54) is 12.2 Å². The maximum absolute atomic E-state index is 12.9. The Morgan fingerprint density at radius 1 is 1.03 bits per heavy atom. The molecule has 0 radical (unpaired) electrons. The smallest absolute Gasteiger partial charge is 0.412 e. The van der Waals surface area contributed by atoms with Crippen LogP contribution < -0.4 is 16.4 Å². The van der Waals surface area contributed by atoms with Crippen LogP contribution in [0, 0.1) is 0 Å². The Labute approximate surface area is 239 Å². The van der Waals surface area contributed by atoms with Crippen LogP contribution in [0.1, 0.15) is 18.6 Å². The Morgan fingerprint density at radius 2 is 1.73 bits per heavy atom. The minimum absolute atomic E-state index is 0.135. The lowest BCUT2D eigenvalue weighted by molar-refractivity contribution is -0.112. The van der Waals surface area contributed by atoms with Gasteiger partial charge in [0.15, 0.2) is 6.10 Å². The highest BCUT2D eigenvalue weighted by atomic mass is 79.9. The first-order valence-corrected chi connectivity index (χ1v) is 13.4. The highest BCUT2D eigenvalue weighted by Crippen LogP contribution is 2.39. The van der Waals surface area contributed by atoms with Crippen LogP contribution in [0.15, 0.2) is 86.2 Å². The van der Waals surface area contributed by atoms with Gasteiger partial charge in [0.1, 0.15) is 11.9 Å². The number of para-hydroxylation sites is 2. The molecule has 0 spiro atoms. The summed E-state index contributed by atoms with van der Waals surface area (Å²) < 4.78 is 13.5. The van der Waals surface area contributed by atoms with Gasteiger partial charge in [0.05, 0.1) is 15.8 Å². The molecular weight excluding hydrogens is 674 g/mol. The highest BCUT2D eigenvalue weighted by Gasteiger charge is 2.30. The van der Waals surface area contributed by atoms with Crippen molar-refractivity contribution in [3.05, 3.63) is 91.8 Å². The molecule has 0 aliphatic carbocycles. The van der Waals surface area contributed by atoms with Crippen molar-refractivity contribution in [2.24, 2.45) is 0 Å². The molecule has 0 bridgehead atoms. The maximum atomic E-state index is 12.9. The minimum Gasteiger partial charge on any atom is -0.506 e. The lowest BCUT2D eigenvalue weighted by Crippen LogP contribution is -2.28. The molecule has 0 fully saturated rings. The third kappa shape index (κ3) is 8.32. The van der Waals surface area contributed by atoms with Crippen molar-refractivity contribution < 1.29 is 24.2 Å². The van der Waals surface area contributed by atoms with E-state index >= 15 is 0 Å². The fourth-order valence-electron chi connectivity index (χ4n) is 3.31. The van der Waals surface area contributed by atoms with E-state index in [9.17, 15) is 14.7 Å². The molecule has 3 rings (SSSR count). The molecule has 0 aliphatic heterocycles. The molecule has 0 unspecified atom stereocenters. The Bertz CT molecular complexity index is 1280. The molecule has 3 aromatic rings. The first-order chi connectivity index (χ1) is 17.7. The monoisotopic (exact) mass is 695 g/mol. The van der Waals surface area contributed by atoms with Gasteiger partial charge < -0.3 is 25.6 Å². The van der Waals surface area contributed by atoms with Crippen molar-refractivity contribution in [1.82, 2.24) is 0 Å². The van der Waals surface area contributed by atoms with Crippen LogP contribution in [0.4, 0.5) is 21.9 Å². The Balaban J connectivity index is 1.90. The summed E-state index contributed by atoms with van der Waals surface area (Å²) in [6, 6.07) is 17.1. The van der Waals surface area contributed by atoms with Crippen LogP contribution in [0.5, 0.6) is 5.75 Å². The molecule has 11 heteroatoms. The van der Waals surface area contributed by atoms with Crippen molar-refractivity contribution in [3.63, 3.8) is 0 Å². The number of rotatable bonds is 9. The number of hydrogen-bond donors (Lipinski definition) is 4. The molecule has 0 aromatic heterocycles. The minimum atomic E-state index is -1.12. The van der Waals surface area contributed by atoms with Crippen molar-refractivity contribution in [3.8, 4) is 5.75 Å². The average molecular weight is 698 g/mol. The zero-order chi connectivity index (χ0) is 26.9. The number of halogens is 3. The van der Waals surface area contributed by atoms with Gasteiger partial charge in [-0.1, -0.05) is 44.0 Å². The van der Waals surface area contributed by atoms with Crippen molar-refractivity contribution in [1.29, 1.82) is 0 Å². The second kappa shape index (κ2) is 13.6. The molecule has 0 saturated heterocycles. The second-order valence-electron chi connectivity index (χ2n) is 7.64. The average Bonchev–Trinajstić information content (AvgIpc) is 2.85. The molecule has 0 saturated carbocycles. The standard InChI is InChI=1S/C26H24Br3N3O5/c1-2-36-22(11-12-23(33)32-21-6-4-3-5-20(21)30)25(18-13-16(28)14-19(29)24(18)34)37-26(35)31-17-9-7-15(27)8-10-17/h3-14,22,25,34H,2,30H2,1H3,(H,31,35)(H,32,33)/b12-11+/t22-,25-/m1/s1. The summed E-state index contributed by atoms with van der Waals surface area (Å²) in [6.45, 7) is 2.01. The topological polar surface area (TPSA) is 123 Å². The van der Waals surface area contributed by atoms with Gasteiger partial charge in [0.2, 0.25) is 5.91 Å². The summed E-state index contributed by atoms with van der Waals surface area (Å²) in [5, 5.41) is 16.1. The van der Waals surface area contributed by atoms with Crippen LogP contribution in [0.3, 0.4) is 0 Å². The highest BCUT2D eigenvalue weighted by molar-refractivity contribution is 9.11. The fourth-order valence-corrected chi connectivity index (χ4v) is 4.83. The number of phenols is 1. The number of anilines is 3. The number of nitrogens with two attached hydrogens (primary N) is 1. The lowest BCUT2D eigenvalue weighted by Gasteiger charge is -2.26. The van der Waals surface area contributed by atoms with Gasteiger partial charge in [-0.2, -0.15) is 0 Å². The van der Waals surface area contributed by atoms with Gasteiger partial charge in [-0.05, 0) is 77.5 Å². The van der Waals surface area contributed by atoms with Gasteiger partial charge in [-0.25, -0.2) is 4.79 Å². The van der Waals surface area contributed by atoms with E-state index < -0.39 is 24.2 Å². The quantitative estimate of drug-likeness (QED) is 0.139. The first kappa shape index (κ1) is 28.7. The molecule has 0 aliphatic rings. The number of carbonyl (C=O) groups is 2. The summed E-state index contributed by atoms with van der Waals surface area (Å²) >= 11 is 10.1. The lowest BCUT2D eigenvalue weighted by atomic mass is 10.0. The number of phenolic OH excluding ortho intramolecular Hbond substituents is 1. The second-order valence-corrected chi connectivity index (χ2v) is 10.3. The van der Waals surface area contributed by atoms with Crippen LogP contribution in [0.25, 0.3) is 0 Å². The van der Waals surface area contributed by atoms with Gasteiger partial charge in [-0.15, -0.1) is 0 Å². The van der Waals surface area contributed by atoms with E-state index in [4.69, 9.17) is 15.2 Å². The molecule has 194 valence electrons. The fraction of sp³-hybridized carbons (Fsp3) is 0.154. The maximum Gasteiger partial charge on any atom is 0.412 e. The number of nitrogen functional groups attached to an aromatic ring is 1. The van der Waals surface area contributed by atoms with Crippen LogP contribution in [0.2, 0.25) is 0 Å². The number of benzene rings is 3. The Kier molecular flexibility index (Phi) is 10.6. The van der Waals surface area contributed by atoms with Crippen LogP contribution >= 0.6 is 47.8 Å². The summed E-state index contributed by atoms with van der Waals surface area (Å²) in [4.78, 5) is 25.5. The SMILES string of the molecule is CCO[C@H](/C=C/C(=O)Nc1ccccc1N)[C@H](OC(=O)Nc1ccc(Br)cc1)c1cc(Br)cc(Br)c1O. The van der Waals surface area contributed by atoms with E-state index in [2.05, 4.69) is 58.4 Å². The Hall–Kier alpha value is -2.86. The van der Waals surface area contributed by atoms with Crippen molar-refractivity contribution >= 4 is 76.9 Å². The molecule has 3 aromatic carbocycles. The van der Waals surface area contributed by atoms with Crippen molar-refractivity contribution in [2.75, 3.05) is 23.0 Å². The zero-order valence-corrected chi connectivity index (χ0v) is 24.3. The van der Waals surface area contributed by atoms with E-state index in [0.29, 0.717) is 26.0 Å². The van der Waals surface area contributed by atoms with Gasteiger partial charge in [-0.3, -0.25) is 10.1 Å². The van der Waals surface area contributed by atoms with E-state index in [0.717, 1.165) is 4.47 Å². The summed E-state index contributed by atoms with van der Waals surface area (Å²) in [6.07, 6.45) is -0.0898. The number of carbonyl (C=O) groups excluding carboxylic acids is 2. The van der Waals surface area contributed by atoms with E-state index in [1.807, 2.05) is 0 Å².